The fourth-order valence-corrected chi connectivity index (χ4v) is 1.98. The summed E-state index contributed by atoms with van der Waals surface area (Å²) in [4.78, 5) is 10.2. The Morgan fingerprint density at radius 1 is 1.47 bits per heavy atom. The van der Waals surface area contributed by atoms with E-state index in [1.165, 1.54) is 6.07 Å². The zero-order chi connectivity index (χ0) is 12.3. The fraction of sp³-hybridized carbons (Fsp3) is 0.500. The van der Waals surface area contributed by atoms with Crippen molar-refractivity contribution in [3.8, 4) is 0 Å². The van der Waals surface area contributed by atoms with Crippen molar-refractivity contribution in [3.63, 3.8) is 0 Å². The molecule has 0 amide bonds. The number of nitrogens with one attached hydrogen (secondary N) is 1. The molecule has 0 spiro atoms. The van der Waals surface area contributed by atoms with E-state index in [0.29, 0.717) is 13.1 Å². The van der Waals surface area contributed by atoms with E-state index < -0.39 is 10.5 Å². The maximum absolute atomic E-state index is 10.6. The predicted octanol–water partition coefficient (Wildman–Crippen LogP) is 1.60. The smallest absolute Gasteiger partial charge is 0.269 e. The van der Waals surface area contributed by atoms with Crippen molar-refractivity contribution in [3.05, 3.63) is 39.9 Å². The first kappa shape index (κ1) is 12.0. The van der Waals surface area contributed by atoms with Crippen molar-refractivity contribution in [2.45, 2.75) is 31.4 Å². The van der Waals surface area contributed by atoms with Gasteiger partial charge in [0.15, 0.2) is 0 Å². The molecular formula is C12H16N2O3. The number of aliphatic hydroxyl groups is 1. The van der Waals surface area contributed by atoms with Crippen LogP contribution in [0.15, 0.2) is 24.3 Å². The molecule has 0 aromatic heterocycles. The van der Waals surface area contributed by atoms with Gasteiger partial charge in [0, 0.05) is 25.2 Å². The maximum Gasteiger partial charge on any atom is 0.269 e. The molecule has 1 fully saturated rings. The van der Waals surface area contributed by atoms with Gasteiger partial charge in [-0.15, -0.1) is 0 Å². The predicted molar refractivity (Wildman–Crippen MR) is 63.6 cm³/mol. The van der Waals surface area contributed by atoms with E-state index in [0.717, 1.165) is 24.8 Å². The molecule has 1 aliphatic carbocycles. The summed E-state index contributed by atoms with van der Waals surface area (Å²) >= 11 is 0. The molecule has 0 aliphatic heterocycles. The second-order valence-electron chi connectivity index (χ2n) is 4.61. The molecule has 92 valence electrons. The Labute approximate surface area is 99.6 Å². The highest BCUT2D eigenvalue weighted by molar-refractivity contribution is 5.34. The van der Waals surface area contributed by atoms with Gasteiger partial charge in [-0.3, -0.25) is 10.1 Å². The van der Waals surface area contributed by atoms with Crippen LogP contribution in [-0.2, 0) is 6.54 Å². The second kappa shape index (κ2) is 4.81. The maximum atomic E-state index is 10.6. The van der Waals surface area contributed by atoms with Crippen molar-refractivity contribution in [2.24, 2.45) is 0 Å². The molecule has 0 heterocycles. The second-order valence-corrected chi connectivity index (χ2v) is 4.61. The summed E-state index contributed by atoms with van der Waals surface area (Å²) in [5, 5.41) is 23.6. The molecule has 1 aliphatic rings. The Balaban J connectivity index is 1.86. The van der Waals surface area contributed by atoms with Crippen molar-refractivity contribution in [1.82, 2.24) is 5.32 Å². The SMILES string of the molecule is O=[N+]([O-])c1cccc(CNCC2(O)CCC2)c1. The normalized spacial score (nSPS) is 17.5. The summed E-state index contributed by atoms with van der Waals surface area (Å²) in [5.41, 5.74) is 0.412. The van der Waals surface area contributed by atoms with Crippen LogP contribution in [0, 0.1) is 10.1 Å². The summed E-state index contributed by atoms with van der Waals surface area (Å²) in [7, 11) is 0. The zero-order valence-corrected chi connectivity index (χ0v) is 9.56. The average molecular weight is 236 g/mol. The first-order valence-electron chi connectivity index (χ1n) is 5.76. The minimum atomic E-state index is -0.555. The number of hydrogen-bond donors (Lipinski definition) is 2. The molecule has 1 aromatic rings. The topological polar surface area (TPSA) is 75.4 Å². The van der Waals surface area contributed by atoms with Gasteiger partial charge in [0.2, 0.25) is 0 Å². The van der Waals surface area contributed by atoms with Gasteiger partial charge in [0.05, 0.1) is 10.5 Å². The largest absolute Gasteiger partial charge is 0.389 e. The van der Waals surface area contributed by atoms with Crippen LogP contribution in [0.4, 0.5) is 5.69 Å². The lowest BCUT2D eigenvalue weighted by Gasteiger charge is -2.36. The molecule has 1 aromatic carbocycles. The lowest BCUT2D eigenvalue weighted by molar-refractivity contribution is -0.384. The van der Waals surface area contributed by atoms with E-state index in [-0.39, 0.29) is 5.69 Å². The fourth-order valence-electron chi connectivity index (χ4n) is 1.98. The molecule has 0 atom stereocenters. The molecule has 5 heteroatoms. The molecule has 0 radical (unpaired) electrons. The average Bonchev–Trinajstić information content (AvgIpc) is 2.27. The highest BCUT2D eigenvalue weighted by Gasteiger charge is 2.33. The Morgan fingerprint density at radius 3 is 2.82 bits per heavy atom. The van der Waals surface area contributed by atoms with Gasteiger partial charge in [-0.25, -0.2) is 0 Å². The van der Waals surface area contributed by atoms with Crippen molar-refractivity contribution in [2.75, 3.05) is 6.54 Å². The Bertz CT molecular complexity index is 416. The minimum absolute atomic E-state index is 0.103. The van der Waals surface area contributed by atoms with Gasteiger partial charge in [0.25, 0.3) is 5.69 Å². The van der Waals surface area contributed by atoms with Crippen LogP contribution in [0.3, 0.4) is 0 Å². The number of non-ortho nitro benzene ring substituents is 1. The van der Waals surface area contributed by atoms with Crippen LogP contribution in [0.25, 0.3) is 0 Å². The van der Waals surface area contributed by atoms with Crippen LogP contribution >= 0.6 is 0 Å². The number of rotatable bonds is 5. The van der Waals surface area contributed by atoms with Crippen molar-refractivity contribution >= 4 is 5.69 Å². The number of nitro groups is 1. The van der Waals surface area contributed by atoms with Crippen molar-refractivity contribution in [1.29, 1.82) is 0 Å². The van der Waals surface area contributed by atoms with Gasteiger partial charge in [-0.05, 0) is 24.8 Å². The summed E-state index contributed by atoms with van der Waals surface area (Å²) in [6.07, 6.45) is 2.76. The highest BCUT2D eigenvalue weighted by atomic mass is 16.6. The molecule has 0 bridgehead atoms. The number of hydrogen-bond acceptors (Lipinski definition) is 4. The van der Waals surface area contributed by atoms with Crippen LogP contribution in [-0.4, -0.2) is 22.2 Å². The number of benzene rings is 1. The van der Waals surface area contributed by atoms with Crippen LogP contribution in [0.2, 0.25) is 0 Å². The summed E-state index contributed by atoms with van der Waals surface area (Å²) in [5.74, 6) is 0. The first-order valence-corrected chi connectivity index (χ1v) is 5.76. The van der Waals surface area contributed by atoms with Gasteiger partial charge >= 0.3 is 0 Å². The zero-order valence-electron chi connectivity index (χ0n) is 9.56. The molecule has 2 N–H and O–H groups in total. The van der Waals surface area contributed by atoms with E-state index in [4.69, 9.17) is 0 Å². The third-order valence-corrected chi connectivity index (χ3v) is 3.19. The van der Waals surface area contributed by atoms with Crippen LogP contribution < -0.4 is 5.32 Å². The highest BCUT2D eigenvalue weighted by Crippen LogP contribution is 2.30. The van der Waals surface area contributed by atoms with E-state index >= 15 is 0 Å². The van der Waals surface area contributed by atoms with Gasteiger partial charge in [-0.1, -0.05) is 12.1 Å². The third kappa shape index (κ3) is 3.01. The standard InChI is InChI=1S/C12H16N2O3/c15-12(5-2-6-12)9-13-8-10-3-1-4-11(7-10)14(16)17/h1,3-4,7,13,15H,2,5-6,8-9H2. The minimum Gasteiger partial charge on any atom is -0.389 e. The van der Waals surface area contributed by atoms with Gasteiger partial charge in [0.1, 0.15) is 0 Å². The Morgan fingerprint density at radius 2 is 2.24 bits per heavy atom. The molecule has 5 nitrogen and oxygen atoms in total. The monoisotopic (exact) mass is 236 g/mol. The van der Waals surface area contributed by atoms with Crippen LogP contribution in [0.1, 0.15) is 24.8 Å². The quantitative estimate of drug-likeness (QED) is 0.601. The molecule has 0 saturated heterocycles. The summed E-state index contributed by atoms with van der Waals surface area (Å²) in [6, 6.07) is 6.54. The summed E-state index contributed by atoms with van der Waals surface area (Å²) in [6.45, 7) is 1.10. The van der Waals surface area contributed by atoms with E-state index in [9.17, 15) is 15.2 Å². The van der Waals surface area contributed by atoms with Gasteiger partial charge < -0.3 is 10.4 Å². The van der Waals surface area contributed by atoms with E-state index in [2.05, 4.69) is 5.32 Å². The molecule has 0 unspecified atom stereocenters. The van der Waals surface area contributed by atoms with E-state index in [1.54, 1.807) is 12.1 Å². The lowest BCUT2D eigenvalue weighted by Crippen LogP contribution is -2.45. The lowest BCUT2D eigenvalue weighted by atomic mass is 9.80. The summed E-state index contributed by atoms with van der Waals surface area (Å²) < 4.78 is 0. The molecular weight excluding hydrogens is 220 g/mol. The molecule has 1 saturated carbocycles. The Hall–Kier alpha value is -1.46. The molecule has 2 rings (SSSR count). The van der Waals surface area contributed by atoms with E-state index in [1.807, 2.05) is 6.07 Å². The molecule has 17 heavy (non-hydrogen) atoms. The number of nitrogens with zero attached hydrogens (tertiary/aromatic N) is 1. The first-order chi connectivity index (χ1) is 8.09. The number of nitro benzene ring substituents is 1. The van der Waals surface area contributed by atoms with Crippen LogP contribution in [0.5, 0.6) is 0 Å². The Kier molecular flexibility index (Phi) is 3.40. The van der Waals surface area contributed by atoms with Gasteiger partial charge in [-0.2, -0.15) is 0 Å². The third-order valence-electron chi connectivity index (χ3n) is 3.19. The van der Waals surface area contributed by atoms with Crippen molar-refractivity contribution < 1.29 is 10.0 Å².